The zero-order valence-electron chi connectivity index (χ0n) is 10.8. The fourth-order valence-electron chi connectivity index (χ4n) is 2.21. The van der Waals surface area contributed by atoms with E-state index in [9.17, 15) is 9.90 Å². The summed E-state index contributed by atoms with van der Waals surface area (Å²) < 4.78 is 2.53. The Morgan fingerprint density at radius 1 is 1.29 bits per heavy atom. The highest BCUT2D eigenvalue weighted by molar-refractivity contribution is 9.10. The Kier molecular flexibility index (Phi) is 3.69. The number of alkyl halides is 1. The summed E-state index contributed by atoms with van der Waals surface area (Å²) in [5, 5.41) is 14.2. The molecule has 0 aliphatic heterocycles. The van der Waals surface area contributed by atoms with Gasteiger partial charge in [-0.2, -0.15) is 5.10 Å². The van der Waals surface area contributed by atoms with Gasteiger partial charge >= 0.3 is 5.97 Å². The molecule has 0 atom stereocenters. The topological polar surface area (TPSA) is 55.1 Å². The molecular formula is C15H10BrClN2O2. The minimum absolute atomic E-state index is 0.0249. The van der Waals surface area contributed by atoms with Gasteiger partial charge in [0.05, 0.1) is 11.2 Å². The molecule has 3 rings (SSSR count). The Labute approximate surface area is 134 Å². The molecule has 0 radical (unpaired) electrons. The first-order valence-corrected chi connectivity index (χ1v) is 7.50. The fourth-order valence-corrected chi connectivity index (χ4v) is 2.76. The molecule has 0 aliphatic rings. The van der Waals surface area contributed by atoms with E-state index in [1.807, 2.05) is 36.4 Å². The molecule has 6 heteroatoms. The average Bonchev–Trinajstić information content (AvgIpc) is 2.86. The highest BCUT2D eigenvalue weighted by Gasteiger charge is 2.17. The van der Waals surface area contributed by atoms with Crippen molar-refractivity contribution >= 4 is 44.4 Å². The zero-order chi connectivity index (χ0) is 15.0. The van der Waals surface area contributed by atoms with Gasteiger partial charge < -0.3 is 5.11 Å². The second-order valence-corrected chi connectivity index (χ2v) is 5.71. The van der Waals surface area contributed by atoms with Crippen LogP contribution in [0.4, 0.5) is 0 Å². The van der Waals surface area contributed by atoms with Crippen LogP contribution < -0.4 is 0 Å². The second-order valence-electron chi connectivity index (χ2n) is 4.53. The number of aromatic carboxylic acids is 1. The highest BCUT2D eigenvalue weighted by atomic mass is 79.9. The van der Waals surface area contributed by atoms with Gasteiger partial charge in [-0.05, 0) is 35.9 Å². The van der Waals surface area contributed by atoms with Crippen LogP contribution >= 0.6 is 27.5 Å². The maximum Gasteiger partial charge on any atom is 0.357 e. The third-order valence-corrected chi connectivity index (χ3v) is 3.96. The molecule has 2 aromatic carbocycles. The molecule has 0 unspecified atom stereocenters. The Morgan fingerprint density at radius 2 is 2.10 bits per heavy atom. The molecule has 4 nitrogen and oxygen atoms in total. The van der Waals surface area contributed by atoms with Crippen LogP contribution in [0.25, 0.3) is 16.6 Å². The van der Waals surface area contributed by atoms with E-state index in [-0.39, 0.29) is 5.69 Å². The predicted molar refractivity (Wildman–Crippen MR) is 85.3 cm³/mol. The fraction of sp³-hybridized carbons (Fsp3) is 0.0667. The van der Waals surface area contributed by atoms with Gasteiger partial charge in [-0.3, -0.25) is 0 Å². The molecule has 106 valence electrons. The number of benzene rings is 2. The van der Waals surface area contributed by atoms with Crippen molar-refractivity contribution < 1.29 is 9.90 Å². The van der Waals surface area contributed by atoms with E-state index in [4.69, 9.17) is 11.6 Å². The minimum Gasteiger partial charge on any atom is -0.476 e. The van der Waals surface area contributed by atoms with Crippen LogP contribution in [0, 0.1) is 0 Å². The van der Waals surface area contributed by atoms with Crippen molar-refractivity contribution in [3.05, 3.63) is 58.2 Å². The smallest absolute Gasteiger partial charge is 0.357 e. The van der Waals surface area contributed by atoms with Crippen LogP contribution in [0.5, 0.6) is 0 Å². The summed E-state index contributed by atoms with van der Waals surface area (Å²) in [4.78, 5) is 11.4. The summed E-state index contributed by atoms with van der Waals surface area (Å²) >= 11 is 9.23. The van der Waals surface area contributed by atoms with Crippen LogP contribution in [0.2, 0.25) is 0 Å². The lowest BCUT2D eigenvalue weighted by molar-refractivity contribution is 0.0692. The number of fused-ring (bicyclic) bond motifs is 1. The summed E-state index contributed by atoms with van der Waals surface area (Å²) in [5.74, 6) is -0.725. The molecule has 21 heavy (non-hydrogen) atoms. The van der Waals surface area contributed by atoms with Gasteiger partial charge in [-0.25, -0.2) is 9.48 Å². The number of carbonyl (C=O) groups is 1. The van der Waals surface area contributed by atoms with E-state index in [0.717, 1.165) is 21.2 Å². The van der Waals surface area contributed by atoms with Gasteiger partial charge in [-0.1, -0.05) is 28.1 Å². The predicted octanol–water partition coefficient (Wildman–Crippen LogP) is 4.23. The first kappa shape index (κ1) is 14.1. The van der Waals surface area contributed by atoms with Crippen molar-refractivity contribution in [2.75, 3.05) is 0 Å². The van der Waals surface area contributed by atoms with Crippen LogP contribution in [-0.2, 0) is 5.88 Å². The highest BCUT2D eigenvalue weighted by Crippen LogP contribution is 2.25. The molecule has 3 aromatic rings. The van der Waals surface area contributed by atoms with Crippen molar-refractivity contribution in [2.24, 2.45) is 0 Å². The van der Waals surface area contributed by atoms with Crippen LogP contribution in [-0.4, -0.2) is 20.9 Å². The molecule has 1 N–H and O–H groups in total. The molecule has 0 spiro atoms. The summed E-state index contributed by atoms with van der Waals surface area (Å²) in [7, 11) is 0. The minimum atomic E-state index is -1.06. The molecule has 1 aromatic heterocycles. The first-order valence-electron chi connectivity index (χ1n) is 6.17. The summed E-state index contributed by atoms with van der Waals surface area (Å²) in [6, 6.07) is 13.0. The van der Waals surface area contributed by atoms with Gasteiger partial charge in [0.15, 0.2) is 5.69 Å². The van der Waals surface area contributed by atoms with Crippen molar-refractivity contribution in [1.82, 2.24) is 9.78 Å². The molecule has 0 bridgehead atoms. The van der Waals surface area contributed by atoms with E-state index >= 15 is 0 Å². The summed E-state index contributed by atoms with van der Waals surface area (Å²) in [5.41, 5.74) is 2.41. The molecule has 0 fully saturated rings. The van der Waals surface area contributed by atoms with E-state index in [0.29, 0.717) is 11.3 Å². The second kappa shape index (κ2) is 5.50. The Morgan fingerprint density at radius 3 is 2.76 bits per heavy atom. The first-order chi connectivity index (χ1) is 10.1. The number of nitrogens with zero attached hydrogens (tertiary/aromatic N) is 2. The molecule has 0 saturated heterocycles. The van der Waals surface area contributed by atoms with E-state index in [1.54, 1.807) is 10.7 Å². The van der Waals surface area contributed by atoms with Gasteiger partial charge in [0, 0.05) is 15.7 Å². The molecular weight excluding hydrogens is 356 g/mol. The number of aromatic nitrogens is 2. The largest absolute Gasteiger partial charge is 0.476 e. The SMILES string of the molecule is O=C(O)c1nn(-c2cccc(Br)c2)c2ccc(CCl)cc12. The maximum absolute atomic E-state index is 11.4. The zero-order valence-corrected chi connectivity index (χ0v) is 13.1. The van der Waals surface area contributed by atoms with Crippen LogP contribution in [0.1, 0.15) is 16.1 Å². The Balaban J connectivity index is 2.31. The lowest BCUT2D eigenvalue weighted by Crippen LogP contribution is -2.01. The van der Waals surface area contributed by atoms with E-state index in [1.165, 1.54) is 0 Å². The number of rotatable bonds is 3. The lowest BCUT2D eigenvalue weighted by Gasteiger charge is -2.04. The van der Waals surface area contributed by atoms with Crippen molar-refractivity contribution in [2.45, 2.75) is 5.88 Å². The molecule has 0 amide bonds. The number of carboxylic acid groups (broad SMARTS) is 1. The van der Waals surface area contributed by atoms with Gasteiger partial charge in [0.1, 0.15) is 0 Å². The summed E-state index contributed by atoms with van der Waals surface area (Å²) in [6.45, 7) is 0. The maximum atomic E-state index is 11.4. The van der Waals surface area contributed by atoms with Gasteiger partial charge in [0.25, 0.3) is 0 Å². The number of hydrogen-bond donors (Lipinski definition) is 1. The van der Waals surface area contributed by atoms with Gasteiger partial charge in [0.2, 0.25) is 0 Å². The van der Waals surface area contributed by atoms with Crippen molar-refractivity contribution in [1.29, 1.82) is 0 Å². The third-order valence-electron chi connectivity index (χ3n) is 3.15. The van der Waals surface area contributed by atoms with Crippen molar-refractivity contribution in [3.8, 4) is 5.69 Å². The normalized spacial score (nSPS) is 11.0. The lowest BCUT2D eigenvalue weighted by atomic mass is 10.1. The van der Waals surface area contributed by atoms with E-state index < -0.39 is 5.97 Å². The Hall–Kier alpha value is -1.85. The van der Waals surface area contributed by atoms with Crippen molar-refractivity contribution in [3.63, 3.8) is 0 Å². The number of carboxylic acids is 1. The monoisotopic (exact) mass is 364 g/mol. The van der Waals surface area contributed by atoms with Crippen LogP contribution in [0.3, 0.4) is 0 Å². The standard InChI is InChI=1S/C15H10BrClN2O2/c16-10-2-1-3-11(7-10)19-13-5-4-9(8-17)6-12(13)14(18-19)15(20)21/h1-7H,8H2,(H,20,21). The molecule has 0 saturated carbocycles. The van der Waals surface area contributed by atoms with Crippen LogP contribution in [0.15, 0.2) is 46.9 Å². The summed E-state index contributed by atoms with van der Waals surface area (Å²) in [6.07, 6.45) is 0. The molecule has 1 heterocycles. The quantitative estimate of drug-likeness (QED) is 0.707. The Bertz CT molecular complexity index is 845. The number of hydrogen-bond acceptors (Lipinski definition) is 2. The average molecular weight is 366 g/mol. The molecule has 0 aliphatic carbocycles. The third kappa shape index (κ3) is 2.54. The van der Waals surface area contributed by atoms with E-state index in [2.05, 4.69) is 21.0 Å². The number of halogens is 2. The van der Waals surface area contributed by atoms with Gasteiger partial charge in [-0.15, -0.1) is 11.6 Å².